The quantitative estimate of drug-likeness (QED) is 0.770. The number of nitrogens with zero attached hydrogens (tertiary/aromatic N) is 3. The summed E-state index contributed by atoms with van der Waals surface area (Å²) in [5.74, 6) is 1.02. The molecule has 2 N–H and O–H groups in total. The van der Waals surface area contributed by atoms with Crippen LogP contribution in [0.1, 0.15) is 49.1 Å². The molecule has 2 aromatic rings. The average Bonchev–Trinajstić information content (AvgIpc) is 3.53. The first-order chi connectivity index (χ1) is 14.5. The van der Waals surface area contributed by atoms with Gasteiger partial charge in [0.15, 0.2) is 0 Å². The minimum atomic E-state index is -0.683. The third-order valence-electron chi connectivity index (χ3n) is 6.49. The molecule has 1 aliphatic heterocycles. The van der Waals surface area contributed by atoms with Gasteiger partial charge in [-0.05, 0) is 44.1 Å². The summed E-state index contributed by atoms with van der Waals surface area (Å²) < 4.78 is 0. The van der Waals surface area contributed by atoms with Gasteiger partial charge in [-0.15, -0.1) is 0 Å². The van der Waals surface area contributed by atoms with Gasteiger partial charge in [-0.3, -0.25) is 4.79 Å². The first kappa shape index (κ1) is 20.5. The molecular weight excluding hydrogens is 376 g/mol. The molecule has 6 nitrogen and oxygen atoms in total. The molecule has 1 spiro atoms. The first-order valence-electron chi connectivity index (χ1n) is 10.7. The van der Waals surface area contributed by atoms with Gasteiger partial charge in [0.05, 0.1) is 11.8 Å². The van der Waals surface area contributed by atoms with Crippen molar-refractivity contribution in [3.63, 3.8) is 0 Å². The molecule has 158 valence electrons. The number of rotatable bonds is 6. The smallest absolute Gasteiger partial charge is 0.223 e. The number of aryl methyl sites for hydroxylation is 1. The van der Waals surface area contributed by atoms with Gasteiger partial charge in [0.1, 0.15) is 12.1 Å². The lowest BCUT2D eigenvalue weighted by molar-refractivity contribution is -0.128. The fourth-order valence-corrected chi connectivity index (χ4v) is 4.62. The van der Waals surface area contributed by atoms with Gasteiger partial charge in [0, 0.05) is 31.1 Å². The van der Waals surface area contributed by atoms with E-state index in [9.17, 15) is 9.90 Å². The van der Waals surface area contributed by atoms with Gasteiger partial charge in [-0.2, -0.15) is 0 Å². The standard InChI is InChI=1S/C24H30N4O2/c1-3-7-19-17(2)26-16-27-22(19)28-13-10-20(24(15-28)11-12-24)23(30)25-14-21(29)18-8-5-4-6-9-18/h3-9,16,20-21,29H,10-15H2,1-2H3,(H,25,30)/b7-3-. The number of hydrogen-bond donors (Lipinski definition) is 2. The number of aliphatic hydroxyl groups excluding tert-OH is 1. The monoisotopic (exact) mass is 406 g/mol. The number of hydrogen-bond acceptors (Lipinski definition) is 5. The van der Waals surface area contributed by atoms with E-state index in [0.717, 1.165) is 55.0 Å². The van der Waals surface area contributed by atoms with Crippen LogP contribution in [0.25, 0.3) is 6.08 Å². The number of benzene rings is 1. The van der Waals surface area contributed by atoms with Gasteiger partial charge in [-0.1, -0.05) is 42.5 Å². The predicted molar refractivity (Wildman–Crippen MR) is 118 cm³/mol. The molecule has 4 rings (SSSR count). The molecule has 2 heterocycles. The summed E-state index contributed by atoms with van der Waals surface area (Å²) in [7, 11) is 0. The van der Waals surface area contributed by atoms with E-state index in [2.05, 4.69) is 26.3 Å². The maximum Gasteiger partial charge on any atom is 0.223 e. The van der Waals surface area contributed by atoms with Gasteiger partial charge >= 0.3 is 0 Å². The lowest BCUT2D eigenvalue weighted by Gasteiger charge is -2.39. The highest BCUT2D eigenvalue weighted by atomic mass is 16.3. The predicted octanol–water partition coefficient (Wildman–Crippen LogP) is 3.27. The maximum absolute atomic E-state index is 13.0. The fourth-order valence-electron chi connectivity index (χ4n) is 4.62. The number of anilines is 1. The summed E-state index contributed by atoms with van der Waals surface area (Å²) in [5, 5.41) is 13.4. The number of allylic oxidation sites excluding steroid dienone is 1. The molecule has 0 bridgehead atoms. The molecule has 1 amide bonds. The fraction of sp³-hybridized carbons (Fsp3) is 0.458. The summed E-state index contributed by atoms with van der Waals surface area (Å²) in [4.78, 5) is 24.2. The summed E-state index contributed by atoms with van der Waals surface area (Å²) in [6.45, 7) is 5.88. The van der Waals surface area contributed by atoms with Crippen molar-refractivity contribution >= 4 is 17.8 Å². The Morgan fingerprint density at radius 3 is 2.80 bits per heavy atom. The molecule has 2 atom stereocenters. The minimum absolute atomic E-state index is 0.00942. The molecule has 1 saturated heterocycles. The van der Waals surface area contributed by atoms with Crippen molar-refractivity contribution in [3.8, 4) is 0 Å². The number of amides is 1. The van der Waals surface area contributed by atoms with E-state index >= 15 is 0 Å². The Balaban J connectivity index is 1.42. The second kappa shape index (κ2) is 8.56. The maximum atomic E-state index is 13.0. The zero-order valence-corrected chi connectivity index (χ0v) is 17.7. The zero-order chi connectivity index (χ0) is 21.1. The highest BCUT2D eigenvalue weighted by molar-refractivity contribution is 5.80. The van der Waals surface area contributed by atoms with Crippen molar-refractivity contribution in [2.24, 2.45) is 11.3 Å². The number of piperidine rings is 1. The Bertz CT molecular complexity index is 924. The van der Waals surface area contributed by atoms with E-state index in [1.54, 1.807) is 6.33 Å². The number of carbonyl (C=O) groups excluding carboxylic acids is 1. The summed E-state index contributed by atoms with van der Waals surface area (Å²) in [6.07, 6.45) is 7.94. The van der Waals surface area contributed by atoms with Crippen LogP contribution >= 0.6 is 0 Å². The Morgan fingerprint density at radius 2 is 2.10 bits per heavy atom. The molecule has 1 aliphatic carbocycles. The van der Waals surface area contributed by atoms with Crippen LogP contribution in [-0.4, -0.2) is 40.6 Å². The van der Waals surface area contributed by atoms with Crippen molar-refractivity contribution in [2.75, 3.05) is 24.5 Å². The van der Waals surface area contributed by atoms with E-state index in [-0.39, 0.29) is 23.8 Å². The van der Waals surface area contributed by atoms with E-state index in [4.69, 9.17) is 0 Å². The van der Waals surface area contributed by atoms with Crippen LogP contribution in [0.3, 0.4) is 0 Å². The topological polar surface area (TPSA) is 78.4 Å². The van der Waals surface area contributed by atoms with Crippen LogP contribution in [0.2, 0.25) is 0 Å². The molecule has 0 radical (unpaired) electrons. The molecular formula is C24H30N4O2. The third kappa shape index (κ3) is 4.10. The lowest BCUT2D eigenvalue weighted by atomic mass is 9.81. The summed E-state index contributed by atoms with van der Waals surface area (Å²) >= 11 is 0. The van der Waals surface area contributed by atoms with Crippen LogP contribution < -0.4 is 10.2 Å². The highest BCUT2D eigenvalue weighted by Crippen LogP contribution is 2.56. The number of aliphatic hydroxyl groups is 1. The van der Waals surface area contributed by atoms with Gasteiger partial charge in [-0.25, -0.2) is 9.97 Å². The van der Waals surface area contributed by atoms with E-state index in [1.807, 2.05) is 50.3 Å². The Labute approximate surface area is 178 Å². The second-order valence-electron chi connectivity index (χ2n) is 8.49. The van der Waals surface area contributed by atoms with Crippen LogP contribution in [0.4, 0.5) is 5.82 Å². The molecule has 6 heteroatoms. The van der Waals surface area contributed by atoms with Gasteiger partial charge in [0.25, 0.3) is 0 Å². The number of aromatic nitrogens is 2. The van der Waals surface area contributed by atoms with Crippen LogP contribution in [0, 0.1) is 18.3 Å². The van der Waals surface area contributed by atoms with E-state index in [0.29, 0.717) is 0 Å². The summed E-state index contributed by atoms with van der Waals surface area (Å²) in [5.41, 5.74) is 2.87. The molecule has 30 heavy (non-hydrogen) atoms. The van der Waals surface area contributed by atoms with Gasteiger partial charge < -0.3 is 15.3 Å². The molecule has 1 aromatic heterocycles. The summed E-state index contributed by atoms with van der Waals surface area (Å²) in [6, 6.07) is 9.46. The van der Waals surface area contributed by atoms with Crippen molar-refractivity contribution in [2.45, 2.75) is 39.2 Å². The lowest BCUT2D eigenvalue weighted by Crippen LogP contribution is -2.48. The first-order valence-corrected chi connectivity index (χ1v) is 10.7. The molecule has 1 aromatic carbocycles. The van der Waals surface area contributed by atoms with Crippen molar-refractivity contribution < 1.29 is 9.90 Å². The zero-order valence-electron chi connectivity index (χ0n) is 17.7. The normalized spacial score (nSPS) is 21.0. The largest absolute Gasteiger partial charge is 0.387 e. The molecule has 2 fully saturated rings. The molecule has 2 aliphatic rings. The Morgan fingerprint density at radius 1 is 1.33 bits per heavy atom. The van der Waals surface area contributed by atoms with Crippen molar-refractivity contribution in [1.82, 2.24) is 15.3 Å². The van der Waals surface area contributed by atoms with Crippen LogP contribution in [-0.2, 0) is 4.79 Å². The average molecular weight is 407 g/mol. The second-order valence-corrected chi connectivity index (χ2v) is 8.49. The Hall–Kier alpha value is -2.73. The third-order valence-corrected chi connectivity index (χ3v) is 6.49. The van der Waals surface area contributed by atoms with Crippen molar-refractivity contribution in [3.05, 3.63) is 59.6 Å². The van der Waals surface area contributed by atoms with Crippen molar-refractivity contribution in [1.29, 1.82) is 0 Å². The molecule has 2 unspecified atom stereocenters. The number of nitrogens with one attached hydrogen (secondary N) is 1. The van der Waals surface area contributed by atoms with E-state index < -0.39 is 6.10 Å². The van der Waals surface area contributed by atoms with Gasteiger partial charge in [0.2, 0.25) is 5.91 Å². The minimum Gasteiger partial charge on any atom is -0.387 e. The highest BCUT2D eigenvalue weighted by Gasteiger charge is 2.55. The SMILES string of the molecule is C/C=C\c1c(C)ncnc1N1CCC(C(=O)NCC(O)c2ccccc2)C2(CC2)C1. The Kier molecular flexibility index (Phi) is 5.86. The van der Waals surface area contributed by atoms with Crippen LogP contribution in [0.15, 0.2) is 42.7 Å². The van der Waals surface area contributed by atoms with E-state index in [1.165, 1.54) is 0 Å². The number of carbonyl (C=O) groups is 1. The van der Waals surface area contributed by atoms with Crippen LogP contribution in [0.5, 0.6) is 0 Å². The molecule has 1 saturated carbocycles.